The van der Waals surface area contributed by atoms with E-state index < -0.39 is 30.1 Å². The van der Waals surface area contributed by atoms with E-state index in [0.29, 0.717) is 71.6 Å². The number of benzene rings is 1. The third kappa shape index (κ3) is 4.95. The van der Waals surface area contributed by atoms with Gasteiger partial charge in [0.25, 0.3) is 0 Å². The number of hydrogen-bond donors (Lipinski definition) is 3. The van der Waals surface area contributed by atoms with Crippen molar-refractivity contribution in [2.45, 2.75) is 82.5 Å². The molecule has 3 N–H and O–H groups in total. The highest BCUT2D eigenvalue weighted by molar-refractivity contribution is 5.96. The average molecular weight is 567 g/mol. The van der Waals surface area contributed by atoms with Crippen molar-refractivity contribution in [1.29, 1.82) is 0 Å². The van der Waals surface area contributed by atoms with E-state index in [1.54, 1.807) is 18.2 Å². The van der Waals surface area contributed by atoms with E-state index >= 15 is 0 Å². The van der Waals surface area contributed by atoms with E-state index in [2.05, 4.69) is 5.32 Å². The van der Waals surface area contributed by atoms with Crippen molar-refractivity contribution in [3.63, 3.8) is 0 Å². The molecule has 0 spiro atoms. The molecule has 41 heavy (non-hydrogen) atoms. The summed E-state index contributed by atoms with van der Waals surface area (Å²) in [7, 11) is 1.48. The Hall–Kier alpha value is -2.91. The molecule has 2 amide bonds. The van der Waals surface area contributed by atoms with Crippen molar-refractivity contribution >= 4 is 18.1 Å². The Labute approximate surface area is 241 Å². The number of aliphatic hydroxyl groups excluding tert-OH is 2. The largest absolute Gasteiger partial charge is 0.493 e. The first-order valence-corrected chi connectivity index (χ1v) is 15.2. The van der Waals surface area contributed by atoms with Gasteiger partial charge in [0.2, 0.25) is 11.8 Å². The predicted molar refractivity (Wildman–Crippen MR) is 151 cm³/mol. The maximum atomic E-state index is 13.8. The zero-order valence-electron chi connectivity index (χ0n) is 24.0. The first-order chi connectivity index (χ1) is 19.8. The van der Waals surface area contributed by atoms with Gasteiger partial charge in [0.15, 0.2) is 11.5 Å². The number of amides is 2. The van der Waals surface area contributed by atoms with Gasteiger partial charge in [-0.3, -0.25) is 14.4 Å². The molecule has 5 aliphatic carbocycles. The lowest BCUT2D eigenvalue weighted by molar-refractivity contribution is -0.145. The molecule has 4 fully saturated rings. The van der Waals surface area contributed by atoms with Crippen LogP contribution in [0.3, 0.4) is 0 Å². The number of nitrogens with one attached hydrogen (secondary N) is 1. The molecule has 6 aliphatic rings. The minimum Gasteiger partial charge on any atom is -0.493 e. The Morgan fingerprint density at radius 2 is 1.85 bits per heavy atom. The molecule has 4 bridgehead atoms. The fourth-order valence-corrected chi connectivity index (χ4v) is 9.12. The topological polar surface area (TPSA) is 125 Å². The van der Waals surface area contributed by atoms with Crippen LogP contribution in [-0.4, -0.2) is 78.3 Å². The summed E-state index contributed by atoms with van der Waals surface area (Å²) < 4.78 is 11.9. The molecule has 4 saturated carbocycles. The second-order valence-electron chi connectivity index (χ2n) is 13.1. The Kier molecular flexibility index (Phi) is 7.61. The number of rotatable bonds is 10. The van der Waals surface area contributed by atoms with Crippen LogP contribution in [0.15, 0.2) is 23.8 Å². The Morgan fingerprint density at radius 1 is 1.17 bits per heavy atom. The molecular formula is C32H42N2O7. The van der Waals surface area contributed by atoms with Crippen molar-refractivity contribution in [2.75, 3.05) is 26.8 Å². The van der Waals surface area contributed by atoms with Crippen LogP contribution in [0.25, 0.3) is 0 Å². The van der Waals surface area contributed by atoms with Crippen LogP contribution < -0.4 is 14.8 Å². The summed E-state index contributed by atoms with van der Waals surface area (Å²) in [5.41, 5.74) is 1.37. The zero-order valence-corrected chi connectivity index (χ0v) is 24.0. The van der Waals surface area contributed by atoms with Crippen LogP contribution in [-0.2, 0) is 9.59 Å². The predicted octanol–water partition coefficient (Wildman–Crippen LogP) is 2.98. The number of nitrogens with zero attached hydrogens (tertiary/aromatic N) is 1. The molecule has 7 rings (SSSR count). The number of carbonyl (C=O) groups is 3. The van der Waals surface area contributed by atoms with Gasteiger partial charge in [-0.25, -0.2) is 0 Å². The molecular weight excluding hydrogens is 524 g/mol. The number of methoxy groups -OCH3 is 1. The lowest BCUT2D eigenvalue weighted by atomic mass is 9.49. The molecule has 4 atom stereocenters. The SMILES string of the molecule is CCCC(=O)N(CC12CC3CC(CC(C3)C1)C2)C1C=C(C(=O)NCCO)C2c3cc(C=O)cc(OC)c3OC2C1O. The quantitative estimate of drug-likeness (QED) is 0.372. The maximum absolute atomic E-state index is 13.8. The molecule has 9 heteroatoms. The van der Waals surface area contributed by atoms with Gasteiger partial charge in [-0.2, -0.15) is 0 Å². The fourth-order valence-electron chi connectivity index (χ4n) is 9.12. The zero-order chi connectivity index (χ0) is 28.9. The lowest BCUT2D eigenvalue weighted by Gasteiger charge is -2.58. The third-order valence-corrected chi connectivity index (χ3v) is 10.2. The minimum absolute atomic E-state index is 0.0200. The molecule has 0 radical (unpaired) electrons. The van der Waals surface area contributed by atoms with E-state index in [-0.39, 0.29) is 24.5 Å². The van der Waals surface area contributed by atoms with Crippen LogP contribution in [0.2, 0.25) is 0 Å². The molecule has 0 aromatic heterocycles. The van der Waals surface area contributed by atoms with Crippen LogP contribution in [0.5, 0.6) is 11.5 Å². The minimum atomic E-state index is -1.10. The van der Waals surface area contributed by atoms with Gasteiger partial charge in [0.05, 0.1) is 25.7 Å². The van der Waals surface area contributed by atoms with Crippen molar-refractivity contribution < 1.29 is 34.1 Å². The van der Waals surface area contributed by atoms with Crippen LogP contribution in [0, 0.1) is 23.2 Å². The van der Waals surface area contributed by atoms with Gasteiger partial charge < -0.3 is 29.9 Å². The number of aliphatic hydroxyl groups is 2. The number of ether oxygens (including phenoxy) is 2. The van der Waals surface area contributed by atoms with E-state index in [1.165, 1.54) is 26.4 Å². The molecule has 0 saturated heterocycles. The fraction of sp³-hybridized carbons (Fsp3) is 0.656. The highest BCUT2D eigenvalue weighted by Crippen LogP contribution is 2.60. The highest BCUT2D eigenvalue weighted by atomic mass is 16.5. The second-order valence-corrected chi connectivity index (χ2v) is 13.1. The smallest absolute Gasteiger partial charge is 0.247 e. The lowest BCUT2D eigenvalue weighted by Crippen LogP contribution is -2.59. The van der Waals surface area contributed by atoms with Crippen LogP contribution in [0.4, 0.5) is 0 Å². The van der Waals surface area contributed by atoms with Gasteiger partial charge in [0.1, 0.15) is 18.5 Å². The number of aldehydes is 1. The molecule has 4 unspecified atom stereocenters. The van der Waals surface area contributed by atoms with E-state index in [4.69, 9.17) is 9.47 Å². The van der Waals surface area contributed by atoms with Crippen molar-refractivity contribution in [3.8, 4) is 11.5 Å². The van der Waals surface area contributed by atoms with Gasteiger partial charge in [-0.15, -0.1) is 0 Å². The van der Waals surface area contributed by atoms with E-state index in [1.807, 2.05) is 11.8 Å². The van der Waals surface area contributed by atoms with Crippen molar-refractivity contribution in [2.24, 2.45) is 23.2 Å². The highest BCUT2D eigenvalue weighted by Gasteiger charge is 2.55. The normalized spacial score (nSPS) is 34.2. The summed E-state index contributed by atoms with van der Waals surface area (Å²) in [6.07, 6.45) is 8.79. The standard InChI is InChI=1S/C32H42N2O7/c1-3-4-26(37)34(17-32-13-18-7-19(14-32)9-20(8-18)15-32)24-12-23(31(39)33-5-6-35)27-22-10-21(16-36)11-25(40-2)29(22)41-30(27)28(24)38/h10-12,16,18-20,24,27-28,30,35,38H,3-9,13-15,17H2,1-2H3,(H,33,39). The van der Waals surface area contributed by atoms with E-state index in [9.17, 15) is 24.6 Å². The van der Waals surface area contributed by atoms with Gasteiger partial charge in [0, 0.05) is 36.2 Å². The number of hydrogen-bond acceptors (Lipinski definition) is 7. The molecule has 1 heterocycles. The summed E-state index contributed by atoms with van der Waals surface area (Å²) in [5, 5.41) is 24.1. The summed E-state index contributed by atoms with van der Waals surface area (Å²) >= 11 is 0. The van der Waals surface area contributed by atoms with E-state index in [0.717, 1.165) is 19.3 Å². The number of carbonyl (C=O) groups excluding carboxylic acids is 3. The monoisotopic (exact) mass is 566 g/mol. The first kappa shape index (κ1) is 28.2. The Bertz CT molecular complexity index is 1210. The number of fused-ring (bicyclic) bond motifs is 3. The average Bonchev–Trinajstić information content (AvgIpc) is 3.34. The Balaban J connectivity index is 1.40. The van der Waals surface area contributed by atoms with Gasteiger partial charge in [-0.05, 0) is 86.3 Å². The van der Waals surface area contributed by atoms with Gasteiger partial charge >= 0.3 is 0 Å². The Morgan fingerprint density at radius 3 is 2.44 bits per heavy atom. The molecule has 1 aromatic carbocycles. The summed E-state index contributed by atoms with van der Waals surface area (Å²) in [5.74, 6) is 1.81. The molecule has 1 aliphatic heterocycles. The maximum Gasteiger partial charge on any atom is 0.247 e. The second kappa shape index (κ2) is 11.1. The van der Waals surface area contributed by atoms with Gasteiger partial charge in [-0.1, -0.05) is 6.92 Å². The van der Waals surface area contributed by atoms with Crippen LogP contribution in [0.1, 0.15) is 80.1 Å². The summed E-state index contributed by atoms with van der Waals surface area (Å²) in [6, 6.07) is 2.50. The first-order valence-electron chi connectivity index (χ1n) is 15.2. The summed E-state index contributed by atoms with van der Waals surface area (Å²) in [4.78, 5) is 40.9. The van der Waals surface area contributed by atoms with Crippen molar-refractivity contribution in [3.05, 3.63) is 34.9 Å². The molecule has 9 nitrogen and oxygen atoms in total. The molecule has 1 aromatic rings. The third-order valence-electron chi connectivity index (χ3n) is 10.2. The van der Waals surface area contributed by atoms with Crippen LogP contribution >= 0.6 is 0 Å². The van der Waals surface area contributed by atoms with Crippen molar-refractivity contribution in [1.82, 2.24) is 10.2 Å². The molecule has 222 valence electrons. The summed E-state index contributed by atoms with van der Waals surface area (Å²) in [6.45, 7) is 2.40.